The van der Waals surface area contributed by atoms with Gasteiger partial charge in [-0.25, -0.2) is 0 Å². The second-order valence-electron chi connectivity index (χ2n) is 4.15. The van der Waals surface area contributed by atoms with Gasteiger partial charge in [0.2, 0.25) is 0 Å². The van der Waals surface area contributed by atoms with Crippen molar-refractivity contribution in [3.05, 3.63) is 77.4 Å². The van der Waals surface area contributed by atoms with Gasteiger partial charge in [-0.05, 0) is 16.7 Å². The van der Waals surface area contributed by atoms with E-state index in [4.69, 9.17) is 5.26 Å². The molecule has 0 heterocycles. The van der Waals surface area contributed by atoms with Crippen LogP contribution in [0.15, 0.2) is 66.2 Å². The van der Waals surface area contributed by atoms with Crippen LogP contribution in [0.25, 0.3) is 5.57 Å². The molecule has 0 amide bonds. The minimum absolute atomic E-state index is 0.212. The van der Waals surface area contributed by atoms with E-state index in [0.29, 0.717) is 0 Å². The van der Waals surface area contributed by atoms with Crippen molar-refractivity contribution >= 4 is 5.57 Å². The van der Waals surface area contributed by atoms with E-state index in [9.17, 15) is 0 Å². The van der Waals surface area contributed by atoms with Gasteiger partial charge < -0.3 is 0 Å². The molecule has 0 radical (unpaired) electrons. The summed E-state index contributed by atoms with van der Waals surface area (Å²) >= 11 is 0. The van der Waals surface area contributed by atoms with E-state index in [-0.39, 0.29) is 5.92 Å². The first-order chi connectivity index (χ1) is 8.42. The van der Waals surface area contributed by atoms with Gasteiger partial charge in [0.05, 0.1) is 6.07 Å². The van der Waals surface area contributed by atoms with E-state index in [1.807, 2.05) is 36.4 Å². The summed E-state index contributed by atoms with van der Waals surface area (Å²) in [7, 11) is 0. The molecular weight excluding hydrogens is 206 g/mol. The maximum Gasteiger partial charge on any atom is 0.0960 e. The van der Waals surface area contributed by atoms with Crippen LogP contribution in [0.4, 0.5) is 0 Å². The van der Waals surface area contributed by atoms with Crippen molar-refractivity contribution in [3.8, 4) is 6.07 Å². The van der Waals surface area contributed by atoms with Gasteiger partial charge in [0.25, 0.3) is 0 Å². The zero-order valence-electron chi connectivity index (χ0n) is 9.30. The SMILES string of the molecule is N#CC1=C(c2ccccc2)C1c1ccccc1. The molecule has 0 aliphatic heterocycles. The lowest BCUT2D eigenvalue weighted by molar-refractivity contribution is 1.21. The topological polar surface area (TPSA) is 23.8 Å². The number of nitriles is 1. The summed E-state index contributed by atoms with van der Waals surface area (Å²) in [6.45, 7) is 0. The lowest BCUT2D eigenvalue weighted by Gasteiger charge is -2.00. The van der Waals surface area contributed by atoms with Gasteiger partial charge >= 0.3 is 0 Å². The maximum absolute atomic E-state index is 9.16. The third-order valence-electron chi connectivity index (χ3n) is 3.12. The van der Waals surface area contributed by atoms with Crippen molar-refractivity contribution in [1.29, 1.82) is 5.26 Å². The molecule has 1 heteroatoms. The van der Waals surface area contributed by atoms with Crippen molar-refractivity contribution in [2.75, 3.05) is 0 Å². The molecule has 0 saturated carbocycles. The van der Waals surface area contributed by atoms with Crippen molar-refractivity contribution in [2.24, 2.45) is 0 Å². The summed E-state index contributed by atoms with van der Waals surface area (Å²) < 4.78 is 0. The van der Waals surface area contributed by atoms with Crippen LogP contribution in [0.5, 0.6) is 0 Å². The molecule has 80 valence electrons. The van der Waals surface area contributed by atoms with Gasteiger partial charge in [-0.2, -0.15) is 5.26 Å². The smallest absolute Gasteiger partial charge is 0.0960 e. The van der Waals surface area contributed by atoms with Crippen LogP contribution in [-0.2, 0) is 0 Å². The first kappa shape index (κ1) is 9.86. The van der Waals surface area contributed by atoms with Crippen LogP contribution in [0.2, 0.25) is 0 Å². The number of allylic oxidation sites excluding steroid dienone is 2. The summed E-state index contributed by atoms with van der Waals surface area (Å²) in [5.74, 6) is 0.212. The molecule has 2 aromatic rings. The highest BCUT2D eigenvalue weighted by atomic mass is 14.4. The Bertz CT molecular complexity index is 603. The number of hydrogen-bond acceptors (Lipinski definition) is 1. The molecule has 0 saturated heterocycles. The van der Waals surface area contributed by atoms with E-state index in [0.717, 1.165) is 11.1 Å². The van der Waals surface area contributed by atoms with Crippen LogP contribution in [0, 0.1) is 11.3 Å². The fraction of sp³-hybridized carbons (Fsp3) is 0.0625. The van der Waals surface area contributed by atoms with E-state index in [2.05, 4.69) is 30.3 Å². The molecule has 0 spiro atoms. The molecule has 1 nitrogen and oxygen atoms in total. The predicted octanol–water partition coefficient (Wildman–Crippen LogP) is 3.76. The lowest BCUT2D eigenvalue weighted by atomic mass is 10.0. The number of rotatable bonds is 2. The molecule has 2 aromatic carbocycles. The Morgan fingerprint density at radius 2 is 1.41 bits per heavy atom. The average molecular weight is 217 g/mol. The fourth-order valence-corrected chi connectivity index (χ4v) is 2.27. The van der Waals surface area contributed by atoms with Gasteiger partial charge in [0.1, 0.15) is 0 Å². The van der Waals surface area contributed by atoms with Crippen molar-refractivity contribution in [1.82, 2.24) is 0 Å². The first-order valence-electron chi connectivity index (χ1n) is 5.66. The van der Waals surface area contributed by atoms with Gasteiger partial charge in [-0.15, -0.1) is 0 Å². The Labute approximate surface area is 101 Å². The Morgan fingerprint density at radius 1 is 0.824 bits per heavy atom. The van der Waals surface area contributed by atoms with Crippen molar-refractivity contribution < 1.29 is 0 Å². The zero-order chi connectivity index (χ0) is 11.7. The molecule has 0 aromatic heterocycles. The largest absolute Gasteiger partial charge is 0.193 e. The first-order valence-corrected chi connectivity index (χ1v) is 5.66. The number of nitrogens with zero attached hydrogens (tertiary/aromatic N) is 1. The van der Waals surface area contributed by atoms with Crippen molar-refractivity contribution in [3.63, 3.8) is 0 Å². The molecule has 1 aliphatic carbocycles. The summed E-state index contributed by atoms with van der Waals surface area (Å²) in [6, 6.07) is 22.7. The van der Waals surface area contributed by atoms with E-state index in [1.54, 1.807) is 0 Å². The lowest BCUT2D eigenvalue weighted by Crippen LogP contribution is -1.83. The summed E-state index contributed by atoms with van der Waals surface area (Å²) in [6.07, 6.45) is 0. The van der Waals surface area contributed by atoms with Gasteiger partial charge in [-0.3, -0.25) is 0 Å². The van der Waals surface area contributed by atoms with E-state index < -0.39 is 0 Å². The third kappa shape index (κ3) is 1.64. The van der Waals surface area contributed by atoms with Gasteiger partial charge in [0.15, 0.2) is 0 Å². The molecule has 1 unspecified atom stereocenters. The molecule has 17 heavy (non-hydrogen) atoms. The van der Waals surface area contributed by atoms with Crippen LogP contribution in [0.3, 0.4) is 0 Å². The highest BCUT2D eigenvalue weighted by molar-refractivity contribution is 5.94. The minimum atomic E-state index is 0.212. The normalized spacial score (nSPS) is 17.7. The molecule has 0 bridgehead atoms. The van der Waals surface area contributed by atoms with Crippen molar-refractivity contribution in [2.45, 2.75) is 5.92 Å². The molecule has 1 aliphatic rings. The van der Waals surface area contributed by atoms with Crippen LogP contribution < -0.4 is 0 Å². The minimum Gasteiger partial charge on any atom is -0.193 e. The second-order valence-corrected chi connectivity index (χ2v) is 4.15. The van der Waals surface area contributed by atoms with E-state index in [1.165, 1.54) is 11.1 Å². The fourth-order valence-electron chi connectivity index (χ4n) is 2.27. The standard InChI is InChI=1S/C16H11N/c17-11-14-15(12-7-3-1-4-8-12)16(14)13-9-5-2-6-10-13/h1-10,15H. The molecule has 1 atom stereocenters. The van der Waals surface area contributed by atoms with E-state index >= 15 is 0 Å². The Hall–Kier alpha value is -2.33. The highest BCUT2D eigenvalue weighted by Gasteiger charge is 2.38. The quantitative estimate of drug-likeness (QED) is 0.751. The Morgan fingerprint density at radius 3 is 2.00 bits per heavy atom. The van der Waals surface area contributed by atoms with Crippen LogP contribution in [-0.4, -0.2) is 0 Å². The molecule has 0 fully saturated rings. The summed E-state index contributed by atoms with van der Waals surface area (Å²) in [4.78, 5) is 0. The summed E-state index contributed by atoms with van der Waals surface area (Å²) in [5, 5.41) is 9.16. The average Bonchev–Trinajstić information content (AvgIpc) is 3.15. The molecule has 0 N–H and O–H groups in total. The number of benzene rings is 2. The monoisotopic (exact) mass is 217 g/mol. The van der Waals surface area contributed by atoms with Gasteiger partial charge in [-0.1, -0.05) is 60.7 Å². The summed E-state index contributed by atoms with van der Waals surface area (Å²) in [5.41, 5.74) is 4.46. The second kappa shape index (κ2) is 3.92. The highest BCUT2D eigenvalue weighted by Crippen LogP contribution is 2.53. The molecular formula is C16H11N. The Balaban J connectivity index is 1.97. The zero-order valence-corrected chi connectivity index (χ0v) is 9.30. The third-order valence-corrected chi connectivity index (χ3v) is 3.12. The Kier molecular flexibility index (Phi) is 2.27. The van der Waals surface area contributed by atoms with Gasteiger partial charge in [0, 0.05) is 11.5 Å². The molecule has 3 rings (SSSR count). The van der Waals surface area contributed by atoms with Crippen LogP contribution >= 0.6 is 0 Å². The predicted molar refractivity (Wildman–Crippen MR) is 68.2 cm³/mol. The maximum atomic E-state index is 9.16. The van der Waals surface area contributed by atoms with Crippen LogP contribution in [0.1, 0.15) is 17.0 Å². The number of hydrogen-bond donors (Lipinski definition) is 0.